The number of likely N-dealkylation sites (tertiary alicyclic amines) is 1. The van der Waals surface area contributed by atoms with Crippen LogP contribution in [-0.4, -0.2) is 70.1 Å². The van der Waals surface area contributed by atoms with E-state index in [1.54, 1.807) is 12.1 Å². The average molecular weight is 373 g/mol. The van der Waals surface area contributed by atoms with Gasteiger partial charge in [-0.3, -0.25) is 4.90 Å². The minimum absolute atomic E-state index is 0.172. The van der Waals surface area contributed by atoms with Crippen LogP contribution in [0.5, 0.6) is 0 Å². The van der Waals surface area contributed by atoms with Gasteiger partial charge in [0.15, 0.2) is 0 Å². The summed E-state index contributed by atoms with van der Waals surface area (Å²) in [5, 5.41) is 3.98. The second-order valence-electron chi connectivity index (χ2n) is 7.11. The van der Waals surface area contributed by atoms with E-state index in [1.165, 1.54) is 18.6 Å². The summed E-state index contributed by atoms with van der Waals surface area (Å²) in [6.07, 6.45) is 3.44. The number of nitrogens with zero attached hydrogens (tertiary/aromatic N) is 5. The third-order valence-electron chi connectivity index (χ3n) is 5.20. The lowest BCUT2D eigenvalue weighted by Gasteiger charge is -2.38. The highest BCUT2D eigenvalue weighted by Gasteiger charge is 2.26. The topological polar surface area (TPSA) is 65.7 Å². The number of aromatic nitrogens is 2. The number of benzene rings is 1. The zero-order valence-electron chi connectivity index (χ0n) is 15.3. The van der Waals surface area contributed by atoms with E-state index >= 15 is 0 Å². The molecule has 0 spiro atoms. The highest BCUT2D eigenvalue weighted by Crippen LogP contribution is 2.18. The number of halogens is 1. The Balaban J connectivity index is 1.29. The molecule has 144 valence electrons. The molecule has 0 N–H and O–H groups in total. The number of urea groups is 1. The fourth-order valence-electron chi connectivity index (χ4n) is 3.61. The van der Waals surface area contributed by atoms with Crippen LogP contribution in [0.15, 0.2) is 28.8 Å². The predicted molar refractivity (Wildman–Crippen MR) is 97.4 cm³/mol. The summed E-state index contributed by atoms with van der Waals surface area (Å²) in [4.78, 5) is 23.1. The molecular weight excluding hydrogens is 349 g/mol. The van der Waals surface area contributed by atoms with Gasteiger partial charge in [0, 0.05) is 44.8 Å². The molecule has 4 rings (SSSR count). The van der Waals surface area contributed by atoms with Crippen molar-refractivity contribution in [2.75, 3.05) is 39.3 Å². The Morgan fingerprint density at radius 1 is 0.963 bits per heavy atom. The Hall–Kier alpha value is -2.48. The number of piperazine rings is 1. The average Bonchev–Trinajstić information content (AvgIpc) is 3.18. The van der Waals surface area contributed by atoms with Crippen molar-refractivity contribution in [2.24, 2.45) is 0 Å². The fourth-order valence-corrected chi connectivity index (χ4v) is 3.61. The highest BCUT2D eigenvalue weighted by molar-refractivity contribution is 5.74. The second-order valence-corrected chi connectivity index (χ2v) is 7.11. The molecule has 2 aliphatic heterocycles. The van der Waals surface area contributed by atoms with Gasteiger partial charge in [-0.25, -0.2) is 9.18 Å². The van der Waals surface area contributed by atoms with Gasteiger partial charge in [-0.2, -0.15) is 4.98 Å². The van der Waals surface area contributed by atoms with Crippen LogP contribution in [0.4, 0.5) is 9.18 Å². The molecule has 0 unspecified atom stereocenters. The third kappa shape index (κ3) is 4.27. The predicted octanol–water partition coefficient (Wildman–Crippen LogP) is 2.60. The highest BCUT2D eigenvalue weighted by atomic mass is 19.1. The second kappa shape index (κ2) is 8.04. The lowest BCUT2D eigenvalue weighted by Crippen LogP contribution is -2.53. The van der Waals surface area contributed by atoms with Crippen LogP contribution in [0.1, 0.15) is 25.2 Å². The van der Waals surface area contributed by atoms with Crippen molar-refractivity contribution in [3.8, 4) is 11.4 Å². The standard InChI is InChI=1S/C19H24FN5O2/c20-16-6-4-15(5-7-16)18-21-17(27-22-18)14-23-10-12-25(13-11-23)19(26)24-8-2-1-3-9-24/h4-7H,1-3,8-14H2. The number of rotatable bonds is 3. The van der Waals surface area contributed by atoms with Crippen molar-refractivity contribution in [3.05, 3.63) is 36.0 Å². The molecule has 1 aromatic carbocycles. The summed E-state index contributed by atoms with van der Waals surface area (Å²) in [6.45, 7) is 5.32. The molecule has 27 heavy (non-hydrogen) atoms. The van der Waals surface area contributed by atoms with Crippen LogP contribution in [0, 0.1) is 5.82 Å². The zero-order valence-corrected chi connectivity index (χ0v) is 15.3. The number of hydrogen-bond acceptors (Lipinski definition) is 5. The van der Waals surface area contributed by atoms with Crippen molar-refractivity contribution in [1.29, 1.82) is 0 Å². The van der Waals surface area contributed by atoms with Gasteiger partial charge in [-0.1, -0.05) is 5.16 Å². The van der Waals surface area contributed by atoms with Crippen molar-refractivity contribution in [1.82, 2.24) is 24.8 Å². The van der Waals surface area contributed by atoms with E-state index in [9.17, 15) is 9.18 Å². The molecular formula is C19H24FN5O2. The quantitative estimate of drug-likeness (QED) is 0.827. The summed E-state index contributed by atoms with van der Waals surface area (Å²) in [5.74, 6) is 0.702. The maximum absolute atomic E-state index is 13.0. The maximum Gasteiger partial charge on any atom is 0.320 e. The van der Waals surface area contributed by atoms with Crippen molar-refractivity contribution in [2.45, 2.75) is 25.8 Å². The molecule has 2 fully saturated rings. The number of piperidine rings is 1. The zero-order chi connectivity index (χ0) is 18.6. The Morgan fingerprint density at radius 3 is 2.33 bits per heavy atom. The lowest BCUT2D eigenvalue weighted by atomic mass is 10.1. The van der Waals surface area contributed by atoms with E-state index in [1.807, 2.05) is 9.80 Å². The monoisotopic (exact) mass is 373 g/mol. The lowest BCUT2D eigenvalue weighted by molar-refractivity contribution is 0.0998. The summed E-state index contributed by atoms with van der Waals surface area (Å²) in [7, 11) is 0. The van der Waals surface area contributed by atoms with Crippen LogP contribution >= 0.6 is 0 Å². The fraction of sp³-hybridized carbons (Fsp3) is 0.526. The van der Waals surface area contributed by atoms with Crippen LogP contribution in [0.3, 0.4) is 0 Å². The van der Waals surface area contributed by atoms with Gasteiger partial charge in [0.25, 0.3) is 0 Å². The Kier molecular flexibility index (Phi) is 5.33. The van der Waals surface area contributed by atoms with Crippen molar-refractivity contribution in [3.63, 3.8) is 0 Å². The summed E-state index contributed by atoms with van der Waals surface area (Å²) < 4.78 is 18.4. The first kappa shape index (κ1) is 17.9. The molecule has 8 heteroatoms. The van der Waals surface area contributed by atoms with Gasteiger partial charge >= 0.3 is 6.03 Å². The molecule has 7 nitrogen and oxygen atoms in total. The van der Waals surface area contributed by atoms with Crippen molar-refractivity contribution < 1.29 is 13.7 Å². The van der Waals surface area contributed by atoms with E-state index in [4.69, 9.17) is 4.52 Å². The minimum Gasteiger partial charge on any atom is -0.338 e. The molecule has 2 aromatic rings. The normalized spacial score (nSPS) is 18.7. The largest absolute Gasteiger partial charge is 0.338 e. The minimum atomic E-state index is -0.292. The van der Waals surface area contributed by atoms with Gasteiger partial charge in [0.2, 0.25) is 11.7 Å². The first-order chi connectivity index (χ1) is 13.2. The van der Waals surface area contributed by atoms with Gasteiger partial charge in [-0.05, 0) is 43.5 Å². The third-order valence-corrected chi connectivity index (χ3v) is 5.20. The van der Waals surface area contributed by atoms with E-state index in [0.717, 1.165) is 44.6 Å². The first-order valence-corrected chi connectivity index (χ1v) is 9.54. The molecule has 2 aliphatic rings. The summed E-state index contributed by atoms with van der Waals surface area (Å²) in [5.41, 5.74) is 0.725. The maximum atomic E-state index is 13.0. The summed E-state index contributed by atoms with van der Waals surface area (Å²) in [6, 6.07) is 6.20. The molecule has 0 saturated carbocycles. The first-order valence-electron chi connectivity index (χ1n) is 9.54. The molecule has 2 saturated heterocycles. The van der Waals surface area contributed by atoms with Crippen LogP contribution in [-0.2, 0) is 6.54 Å². The Labute approximate surface area is 157 Å². The molecule has 0 atom stereocenters. The van der Waals surface area contributed by atoms with E-state index in [0.29, 0.717) is 31.3 Å². The SMILES string of the molecule is O=C(N1CCCCC1)N1CCN(Cc2nc(-c3ccc(F)cc3)no2)CC1. The summed E-state index contributed by atoms with van der Waals surface area (Å²) >= 11 is 0. The van der Waals surface area contributed by atoms with Crippen molar-refractivity contribution >= 4 is 6.03 Å². The molecule has 0 radical (unpaired) electrons. The van der Waals surface area contributed by atoms with Crippen LogP contribution in [0.2, 0.25) is 0 Å². The van der Waals surface area contributed by atoms with Gasteiger partial charge in [-0.15, -0.1) is 0 Å². The van der Waals surface area contributed by atoms with Gasteiger partial charge < -0.3 is 14.3 Å². The molecule has 0 aliphatic carbocycles. The van der Waals surface area contributed by atoms with E-state index in [2.05, 4.69) is 15.0 Å². The number of amides is 2. The molecule has 3 heterocycles. The van der Waals surface area contributed by atoms with Crippen LogP contribution < -0.4 is 0 Å². The Bertz CT molecular complexity index is 765. The molecule has 2 amide bonds. The van der Waals surface area contributed by atoms with Gasteiger partial charge in [0.05, 0.1) is 6.54 Å². The smallest absolute Gasteiger partial charge is 0.320 e. The number of carbonyl (C=O) groups is 1. The number of carbonyl (C=O) groups excluding carboxylic acids is 1. The van der Waals surface area contributed by atoms with E-state index in [-0.39, 0.29) is 11.8 Å². The van der Waals surface area contributed by atoms with Crippen LogP contribution in [0.25, 0.3) is 11.4 Å². The van der Waals surface area contributed by atoms with Gasteiger partial charge in [0.1, 0.15) is 5.82 Å². The number of hydrogen-bond donors (Lipinski definition) is 0. The van der Waals surface area contributed by atoms with E-state index < -0.39 is 0 Å². The molecule has 0 bridgehead atoms. The Morgan fingerprint density at radius 2 is 1.63 bits per heavy atom. The molecule has 1 aromatic heterocycles.